The van der Waals surface area contributed by atoms with E-state index in [1.165, 1.54) is 21.3 Å². The van der Waals surface area contributed by atoms with E-state index in [2.05, 4.69) is 0 Å². The van der Waals surface area contributed by atoms with Crippen LogP contribution >= 0.6 is 11.6 Å². The van der Waals surface area contributed by atoms with E-state index in [-0.39, 0.29) is 11.8 Å². The van der Waals surface area contributed by atoms with Crippen LogP contribution in [0.5, 0.6) is 28.7 Å². The SMILES string of the molecule is CCOc1ccc(/C(=C\C(=O)N2CCN(C(=O)c3cc(OC)c(OC)c(OC)c3)CC2)c2cccc(Cl)c2)cc1OC. The lowest BCUT2D eigenvalue weighted by atomic mass is 9.96. The fourth-order valence-corrected chi connectivity index (χ4v) is 5.02. The molecule has 10 heteroatoms. The number of benzene rings is 3. The Bertz CT molecular complexity index is 1440. The van der Waals surface area contributed by atoms with Crippen molar-refractivity contribution in [2.45, 2.75) is 6.92 Å². The molecule has 0 unspecified atom stereocenters. The van der Waals surface area contributed by atoms with Gasteiger partial charge in [0, 0.05) is 42.8 Å². The smallest absolute Gasteiger partial charge is 0.254 e. The fraction of sp³-hybridized carbons (Fsp3) is 0.312. The van der Waals surface area contributed by atoms with Crippen LogP contribution < -0.4 is 23.7 Å². The minimum absolute atomic E-state index is 0.169. The summed E-state index contributed by atoms with van der Waals surface area (Å²) in [5.41, 5.74) is 2.68. The Morgan fingerprint density at radius 2 is 1.33 bits per heavy atom. The molecule has 42 heavy (non-hydrogen) atoms. The first-order valence-corrected chi connectivity index (χ1v) is 13.9. The van der Waals surface area contributed by atoms with Gasteiger partial charge in [0.15, 0.2) is 23.0 Å². The van der Waals surface area contributed by atoms with Crippen LogP contribution in [-0.2, 0) is 4.79 Å². The highest BCUT2D eigenvalue weighted by molar-refractivity contribution is 6.30. The largest absolute Gasteiger partial charge is 0.493 e. The van der Waals surface area contributed by atoms with Gasteiger partial charge < -0.3 is 33.5 Å². The minimum atomic E-state index is -0.182. The maximum atomic E-state index is 13.6. The first-order valence-electron chi connectivity index (χ1n) is 13.5. The van der Waals surface area contributed by atoms with Crippen LogP contribution in [-0.4, -0.2) is 82.8 Å². The maximum Gasteiger partial charge on any atom is 0.254 e. The van der Waals surface area contributed by atoms with E-state index >= 15 is 0 Å². The second-order valence-electron chi connectivity index (χ2n) is 9.40. The number of hydrogen-bond acceptors (Lipinski definition) is 7. The fourth-order valence-electron chi connectivity index (χ4n) is 4.83. The molecule has 0 N–H and O–H groups in total. The van der Waals surface area contributed by atoms with Gasteiger partial charge in [0.1, 0.15) is 0 Å². The molecule has 1 fully saturated rings. The summed E-state index contributed by atoms with van der Waals surface area (Å²) in [7, 11) is 6.10. The maximum absolute atomic E-state index is 13.6. The van der Waals surface area contributed by atoms with E-state index in [9.17, 15) is 9.59 Å². The number of rotatable bonds is 10. The van der Waals surface area contributed by atoms with Gasteiger partial charge in [-0.15, -0.1) is 0 Å². The van der Waals surface area contributed by atoms with Gasteiger partial charge in [-0.25, -0.2) is 0 Å². The molecule has 4 rings (SSSR count). The first kappa shape index (κ1) is 30.6. The van der Waals surface area contributed by atoms with Crippen LogP contribution in [0.25, 0.3) is 5.57 Å². The number of ether oxygens (including phenoxy) is 5. The predicted molar refractivity (Wildman–Crippen MR) is 161 cm³/mol. The average Bonchev–Trinajstić information content (AvgIpc) is 3.02. The summed E-state index contributed by atoms with van der Waals surface area (Å²) in [5.74, 6) is 2.05. The molecule has 1 aliphatic heterocycles. The van der Waals surface area contributed by atoms with Crippen LogP contribution in [0.3, 0.4) is 0 Å². The van der Waals surface area contributed by atoms with Crippen molar-refractivity contribution in [3.05, 3.63) is 82.4 Å². The predicted octanol–water partition coefficient (Wildman–Crippen LogP) is 5.19. The number of carbonyl (C=O) groups is 2. The van der Waals surface area contributed by atoms with Crippen molar-refractivity contribution < 1.29 is 33.3 Å². The lowest BCUT2D eigenvalue weighted by Crippen LogP contribution is -2.50. The number of methoxy groups -OCH3 is 4. The molecule has 1 heterocycles. The lowest BCUT2D eigenvalue weighted by molar-refractivity contribution is -0.127. The Hall–Kier alpha value is -4.37. The van der Waals surface area contributed by atoms with Crippen molar-refractivity contribution >= 4 is 29.0 Å². The Labute approximate surface area is 251 Å². The topological polar surface area (TPSA) is 86.8 Å². The van der Waals surface area contributed by atoms with Crippen molar-refractivity contribution in [2.75, 3.05) is 61.2 Å². The quantitative estimate of drug-likeness (QED) is 0.299. The molecule has 0 radical (unpaired) electrons. The number of amides is 2. The van der Waals surface area contributed by atoms with Crippen LogP contribution in [0, 0.1) is 0 Å². The number of hydrogen-bond donors (Lipinski definition) is 0. The molecule has 1 saturated heterocycles. The molecule has 1 aliphatic rings. The minimum Gasteiger partial charge on any atom is -0.493 e. The molecule has 222 valence electrons. The van der Waals surface area contributed by atoms with E-state index in [0.717, 1.165) is 11.1 Å². The van der Waals surface area contributed by atoms with Gasteiger partial charge in [-0.3, -0.25) is 9.59 Å². The van der Waals surface area contributed by atoms with Crippen molar-refractivity contribution in [1.82, 2.24) is 9.80 Å². The molecule has 0 aliphatic carbocycles. The van der Waals surface area contributed by atoms with Crippen molar-refractivity contribution in [3.8, 4) is 28.7 Å². The second-order valence-corrected chi connectivity index (χ2v) is 9.83. The summed E-state index contributed by atoms with van der Waals surface area (Å²) in [6.45, 7) is 3.90. The average molecular weight is 595 g/mol. The number of piperazine rings is 1. The van der Waals surface area contributed by atoms with E-state index in [0.29, 0.717) is 77.7 Å². The van der Waals surface area contributed by atoms with Gasteiger partial charge in [-0.1, -0.05) is 29.8 Å². The first-order chi connectivity index (χ1) is 20.3. The lowest BCUT2D eigenvalue weighted by Gasteiger charge is -2.34. The van der Waals surface area contributed by atoms with Gasteiger partial charge in [0.2, 0.25) is 11.7 Å². The number of halogens is 1. The summed E-state index contributed by atoms with van der Waals surface area (Å²) < 4.78 is 27.4. The zero-order chi connectivity index (χ0) is 30.2. The summed E-state index contributed by atoms with van der Waals surface area (Å²) >= 11 is 6.31. The van der Waals surface area contributed by atoms with Crippen LogP contribution in [0.1, 0.15) is 28.4 Å². The molecule has 0 bridgehead atoms. The Morgan fingerprint density at radius 3 is 1.90 bits per heavy atom. The highest BCUT2D eigenvalue weighted by atomic mass is 35.5. The van der Waals surface area contributed by atoms with Crippen molar-refractivity contribution in [1.29, 1.82) is 0 Å². The summed E-state index contributed by atoms with van der Waals surface area (Å²) in [6.07, 6.45) is 1.61. The molecule has 0 aromatic heterocycles. The van der Waals surface area contributed by atoms with Gasteiger partial charge in [0.05, 0.1) is 35.0 Å². The molecule has 0 spiro atoms. The zero-order valence-electron chi connectivity index (χ0n) is 24.4. The van der Waals surface area contributed by atoms with Gasteiger partial charge >= 0.3 is 0 Å². The van der Waals surface area contributed by atoms with Crippen LogP contribution in [0.15, 0.2) is 60.7 Å². The Kier molecular flexibility index (Phi) is 10.2. The number of nitrogens with zero attached hydrogens (tertiary/aromatic N) is 2. The highest BCUT2D eigenvalue weighted by Crippen LogP contribution is 2.38. The molecule has 3 aromatic carbocycles. The van der Waals surface area contributed by atoms with Crippen LogP contribution in [0.4, 0.5) is 0 Å². The molecular formula is C32H35ClN2O7. The molecule has 0 atom stereocenters. The molecule has 3 aromatic rings. The van der Waals surface area contributed by atoms with Crippen molar-refractivity contribution in [3.63, 3.8) is 0 Å². The van der Waals surface area contributed by atoms with Crippen molar-refractivity contribution in [2.24, 2.45) is 0 Å². The third-order valence-electron chi connectivity index (χ3n) is 6.97. The zero-order valence-corrected chi connectivity index (χ0v) is 25.2. The number of carbonyl (C=O) groups excluding carboxylic acids is 2. The monoisotopic (exact) mass is 594 g/mol. The molecular weight excluding hydrogens is 560 g/mol. The van der Waals surface area contributed by atoms with Crippen LogP contribution in [0.2, 0.25) is 5.02 Å². The van der Waals surface area contributed by atoms with Gasteiger partial charge in [0.25, 0.3) is 5.91 Å². The highest BCUT2D eigenvalue weighted by Gasteiger charge is 2.27. The normalized spacial score (nSPS) is 13.4. The van der Waals surface area contributed by atoms with Gasteiger partial charge in [-0.2, -0.15) is 0 Å². The van der Waals surface area contributed by atoms with E-state index in [1.54, 1.807) is 41.2 Å². The second kappa shape index (κ2) is 14.0. The molecule has 9 nitrogen and oxygen atoms in total. The summed E-state index contributed by atoms with van der Waals surface area (Å²) in [5, 5.41) is 0.558. The Morgan fingerprint density at radius 1 is 0.738 bits per heavy atom. The third-order valence-corrected chi connectivity index (χ3v) is 7.20. The van der Waals surface area contributed by atoms with E-state index in [4.69, 9.17) is 35.3 Å². The standard InChI is InChI=1S/C32H35ClN2O7/c1-6-42-26-11-10-22(17-27(26)38-2)25(21-8-7-9-24(33)16-21)20-30(36)34-12-14-35(15-13-34)32(37)23-18-28(39-3)31(41-5)29(19-23)40-4/h7-11,16-20H,6,12-15H2,1-5H3/b25-20-. The Balaban J connectivity index is 1.56. The van der Waals surface area contributed by atoms with Gasteiger partial charge in [-0.05, 0) is 60.0 Å². The molecule has 0 saturated carbocycles. The third kappa shape index (κ3) is 6.74. The summed E-state index contributed by atoms with van der Waals surface area (Å²) in [6, 6.07) is 16.2. The van der Waals surface area contributed by atoms with E-state index < -0.39 is 0 Å². The summed E-state index contributed by atoms with van der Waals surface area (Å²) in [4.78, 5) is 30.4. The van der Waals surface area contributed by atoms with E-state index in [1.807, 2.05) is 43.3 Å². The molecule has 2 amide bonds.